The zero-order valence-electron chi connectivity index (χ0n) is 13.1. The van der Waals surface area contributed by atoms with Crippen molar-refractivity contribution in [2.24, 2.45) is 0 Å². The molecular formula is C17H25NO3. The van der Waals surface area contributed by atoms with E-state index in [-0.39, 0.29) is 5.91 Å². The molecule has 4 nitrogen and oxygen atoms in total. The van der Waals surface area contributed by atoms with E-state index in [2.05, 4.69) is 5.32 Å². The van der Waals surface area contributed by atoms with Gasteiger partial charge in [-0.1, -0.05) is 0 Å². The van der Waals surface area contributed by atoms with Gasteiger partial charge in [-0.15, -0.1) is 0 Å². The number of rotatable bonds is 6. The molecule has 0 bridgehead atoms. The second-order valence-corrected chi connectivity index (χ2v) is 5.95. The number of benzene rings is 1. The fraction of sp³-hybridized carbons (Fsp3) is 0.588. The van der Waals surface area contributed by atoms with Crippen molar-refractivity contribution in [2.45, 2.75) is 58.2 Å². The van der Waals surface area contributed by atoms with Crippen LogP contribution >= 0.6 is 0 Å². The number of nitrogens with one attached hydrogen (secondary N) is 1. The third kappa shape index (κ3) is 4.46. The van der Waals surface area contributed by atoms with Crippen LogP contribution in [0.2, 0.25) is 0 Å². The van der Waals surface area contributed by atoms with Crippen LogP contribution in [0.1, 0.15) is 46.5 Å². The van der Waals surface area contributed by atoms with E-state index in [1.165, 1.54) is 12.8 Å². The minimum absolute atomic E-state index is 0.145. The SMILES string of the molecule is CCOC(C)(C)C(=O)Nc1ccc(OC2CCCC2)cc1. The summed E-state index contributed by atoms with van der Waals surface area (Å²) in [7, 11) is 0. The molecule has 116 valence electrons. The van der Waals surface area contributed by atoms with Gasteiger partial charge < -0.3 is 14.8 Å². The van der Waals surface area contributed by atoms with Crippen molar-refractivity contribution in [1.29, 1.82) is 0 Å². The molecule has 0 aromatic heterocycles. The van der Waals surface area contributed by atoms with Gasteiger partial charge in [0.05, 0.1) is 6.10 Å². The van der Waals surface area contributed by atoms with E-state index in [4.69, 9.17) is 9.47 Å². The van der Waals surface area contributed by atoms with E-state index in [9.17, 15) is 4.79 Å². The van der Waals surface area contributed by atoms with Gasteiger partial charge in [-0.3, -0.25) is 4.79 Å². The lowest BCUT2D eigenvalue weighted by Gasteiger charge is -2.23. The van der Waals surface area contributed by atoms with Crippen molar-refractivity contribution in [3.8, 4) is 5.75 Å². The first-order valence-electron chi connectivity index (χ1n) is 7.73. The minimum atomic E-state index is -0.826. The standard InChI is InChI=1S/C17H25NO3/c1-4-20-17(2,3)16(19)18-13-9-11-15(12-10-13)21-14-7-5-6-8-14/h9-12,14H,4-8H2,1-3H3,(H,18,19). The van der Waals surface area contributed by atoms with E-state index in [0.29, 0.717) is 12.7 Å². The predicted octanol–water partition coefficient (Wildman–Crippen LogP) is 3.76. The lowest BCUT2D eigenvalue weighted by Crippen LogP contribution is -2.39. The summed E-state index contributed by atoms with van der Waals surface area (Å²) >= 11 is 0. The van der Waals surface area contributed by atoms with E-state index in [1.54, 1.807) is 13.8 Å². The van der Waals surface area contributed by atoms with Crippen LogP contribution in [-0.4, -0.2) is 24.2 Å². The third-order valence-electron chi connectivity index (χ3n) is 3.77. The van der Waals surface area contributed by atoms with Gasteiger partial charge >= 0.3 is 0 Å². The molecule has 0 saturated heterocycles. The zero-order chi connectivity index (χ0) is 15.3. The van der Waals surface area contributed by atoms with Crippen LogP contribution < -0.4 is 10.1 Å². The Balaban J connectivity index is 1.91. The molecule has 0 heterocycles. The maximum Gasteiger partial charge on any atom is 0.256 e. The molecule has 1 saturated carbocycles. The van der Waals surface area contributed by atoms with E-state index in [1.807, 2.05) is 31.2 Å². The van der Waals surface area contributed by atoms with Gasteiger partial charge in [0.25, 0.3) is 5.91 Å². The summed E-state index contributed by atoms with van der Waals surface area (Å²) in [6.45, 7) is 5.92. The molecule has 0 radical (unpaired) electrons. The summed E-state index contributed by atoms with van der Waals surface area (Å²) in [5, 5.41) is 2.87. The molecule has 1 N–H and O–H groups in total. The second-order valence-electron chi connectivity index (χ2n) is 5.95. The highest BCUT2D eigenvalue weighted by molar-refractivity contribution is 5.96. The topological polar surface area (TPSA) is 47.6 Å². The van der Waals surface area contributed by atoms with Crippen LogP contribution in [-0.2, 0) is 9.53 Å². The summed E-state index contributed by atoms with van der Waals surface area (Å²) in [6.07, 6.45) is 5.14. The van der Waals surface area contributed by atoms with Gasteiger partial charge in [-0.25, -0.2) is 0 Å². The van der Waals surface area contributed by atoms with Crippen molar-refractivity contribution in [3.05, 3.63) is 24.3 Å². The largest absolute Gasteiger partial charge is 0.490 e. The van der Waals surface area contributed by atoms with Crippen LogP contribution in [0.25, 0.3) is 0 Å². The lowest BCUT2D eigenvalue weighted by molar-refractivity contribution is -0.136. The molecule has 1 aliphatic carbocycles. The van der Waals surface area contributed by atoms with Crippen molar-refractivity contribution >= 4 is 11.6 Å². The number of ether oxygens (including phenoxy) is 2. The Labute approximate surface area is 126 Å². The molecule has 0 unspecified atom stereocenters. The first kappa shape index (κ1) is 15.8. The average Bonchev–Trinajstić information content (AvgIpc) is 2.94. The van der Waals surface area contributed by atoms with E-state index >= 15 is 0 Å². The molecule has 0 spiro atoms. The van der Waals surface area contributed by atoms with Crippen LogP contribution in [0.5, 0.6) is 5.75 Å². The molecule has 1 aromatic carbocycles. The molecule has 1 fully saturated rings. The van der Waals surface area contributed by atoms with E-state index < -0.39 is 5.60 Å². The molecule has 2 rings (SSSR count). The molecule has 1 aliphatic rings. The molecule has 4 heteroatoms. The Morgan fingerprint density at radius 2 is 1.86 bits per heavy atom. The Hall–Kier alpha value is -1.55. The molecule has 21 heavy (non-hydrogen) atoms. The van der Waals surface area contributed by atoms with Gasteiger partial charge in [0.1, 0.15) is 11.4 Å². The average molecular weight is 291 g/mol. The number of anilines is 1. The van der Waals surface area contributed by atoms with Gasteiger partial charge in [0.15, 0.2) is 0 Å². The summed E-state index contributed by atoms with van der Waals surface area (Å²) < 4.78 is 11.3. The van der Waals surface area contributed by atoms with Crippen LogP contribution in [0, 0.1) is 0 Å². The van der Waals surface area contributed by atoms with Crippen LogP contribution in [0.15, 0.2) is 24.3 Å². The van der Waals surface area contributed by atoms with Crippen LogP contribution in [0.4, 0.5) is 5.69 Å². The third-order valence-corrected chi connectivity index (χ3v) is 3.77. The zero-order valence-corrected chi connectivity index (χ0v) is 13.1. The number of carbonyl (C=O) groups excluding carboxylic acids is 1. The minimum Gasteiger partial charge on any atom is -0.490 e. The maximum atomic E-state index is 12.1. The fourth-order valence-electron chi connectivity index (χ4n) is 2.52. The molecule has 1 aromatic rings. The van der Waals surface area contributed by atoms with Gasteiger partial charge in [0, 0.05) is 12.3 Å². The van der Waals surface area contributed by atoms with Crippen molar-refractivity contribution in [1.82, 2.24) is 0 Å². The Bertz CT molecular complexity index is 461. The number of carbonyl (C=O) groups is 1. The fourth-order valence-corrected chi connectivity index (χ4v) is 2.52. The Kier molecular flexibility index (Phi) is 5.23. The summed E-state index contributed by atoms with van der Waals surface area (Å²) in [5.41, 5.74) is -0.0696. The summed E-state index contributed by atoms with van der Waals surface area (Å²) in [5.74, 6) is 0.720. The van der Waals surface area contributed by atoms with Gasteiger partial charge in [-0.05, 0) is 70.7 Å². The monoisotopic (exact) mass is 291 g/mol. The quantitative estimate of drug-likeness (QED) is 0.868. The van der Waals surface area contributed by atoms with Crippen molar-refractivity contribution in [2.75, 3.05) is 11.9 Å². The number of hydrogen-bond donors (Lipinski definition) is 1. The highest BCUT2D eigenvalue weighted by atomic mass is 16.5. The number of amides is 1. The summed E-state index contributed by atoms with van der Waals surface area (Å²) in [4.78, 5) is 12.1. The molecule has 0 atom stereocenters. The normalized spacial score (nSPS) is 16.0. The van der Waals surface area contributed by atoms with Gasteiger partial charge in [-0.2, -0.15) is 0 Å². The highest BCUT2D eigenvalue weighted by Gasteiger charge is 2.27. The van der Waals surface area contributed by atoms with E-state index in [0.717, 1.165) is 24.3 Å². The molecule has 1 amide bonds. The predicted molar refractivity (Wildman–Crippen MR) is 83.7 cm³/mol. The lowest BCUT2D eigenvalue weighted by atomic mass is 10.1. The molecular weight excluding hydrogens is 266 g/mol. The highest BCUT2D eigenvalue weighted by Crippen LogP contribution is 2.25. The molecule has 0 aliphatic heterocycles. The first-order valence-corrected chi connectivity index (χ1v) is 7.73. The van der Waals surface area contributed by atoms with Gasteiger partial charge in [0.2, 0.25) is 0 Å². The number of hydrogen-bond acceptors (Lipinski definition) is 3. The smallest absolute Gasteiger partial charge is 0.256 e. The van der Waals surface area contributed by atoms with Crippen molar-refractivity contribution in [3.63, 3.8) is 0 Å². The Morgan fingerprint density at radius 1 is 1.24 bits per heavy atom. The Morgan fingerprint density at radius 3 is 2.43 bits per heavy atom. The maximum absolute atomic E-state index is 12.1. The van der Waals surface area contributed by atoms with Crippen LogP contribution in [0.3, 0.4) is 0 Å². The first-order chi connectivity index (χ1) is 10.0. The second kappa shape index (κ2) is 6.94. The summed E-state index contributed by atoms with van der Waals surface area (Å²) in [6, 6.07) is 7.54. The van der Waals surface area contributed by atoms with Crippen molar-refractivity contribution < 1.29 is 14.3 Å².